The second kappa shape index (κ2) is 9.78. The van der Waals surface area contributed by atoms with Gasteiger partial charge in [0, 0.05) is 6.42 Å². The van der Waals surface area contributed by atoms with Gasteiger partial charge < -0.3 is 16.2 Å². The van der Waals surface area contributed by atoms with E-state index in [1.54, 1.807) is 18.2 Å². The van der Waals surface area contributed by atoms with Gasteiger partial charge in [0.1, 0.15) is 0 Å². The molecule has 2 amide bonds. The summed E-state index contributed by atoms with van der Waals surface area (Å²) in [6, 6.07) is 6.96. The quantitative estimate of drug-likeness (QED) is 0.442. The minimum absolute atomic E-state index is 0.0373. The number of hydrogen-bond acceptors (Lipinski definition) is 3. The second-order valence-electron chi connectivity index (χ2n) is 13.3. The highest BCUT2D eigenvalue weighted by molar-refractivity contribution is 6.02. The van der Waals surface area contributed by atoms with E-state index < -0.39 is 5.91 Å². The molecule has 4 saturated carbocycles. The largest absolute Gasteiger partial charge is 0.393 e. The van der Waals surface area contributed by atoms with E-state index in [1.807, 2.05) is 6.07 Å². The zero-order chi connectivity index (χ0) is 25.7. The molecule has 0 spiro atoms. The first-order valence-electron chi connectivity index (χ1n) is 14.5. The first-order chi connectivity index (χ1) is 17.1. The van der Waals surface area contributed by atoms with E-state index in [0.717, 1.165) is 37.0 Å². The average Bonchev–Trinajstić information content (AvgIpc) is 3.20. The van der Waals surface area contributed by atoms with Crippen molar-refractivity contribution in [3.8, 4) is 0 Å². The molecule has 198 valence electrons. The lowest BCUT2D eigenvalue weighted by molar-refractivity contribution is -0.129. The van der Waals surface area contributed by atoms with Crippen molar-refractivity contribution in [2.75, 3.05) is 5.32 Å². The fourth-order valence-electron chi connectivity index (χ4n) is 9.79. The highest BCUT2D eigenvalue weighted by atomic mass is 16.3. The average molecular weight is 495 g/mol. The number of amides is 2. The number of aliphatic hydroxyl groups is 1. The third-order valence-corrected chi connectivity index (χ3v) is 11.7. The molecule has 0 radical (unpaired) electrons. The van der Waals surface area contributed by atoms with Gasteiger partial charge in [-0.3, -0.25) is 9.59 Å². The van der Waals surface area contributed by atoms with Gasteiger partial charge in [0.15, 0.2) is 0 Å². The number of nitrogens with two attached hydrogens (primary N) is 1. The molecule has 0 aliphatic heterocycles. The Hall–Kier alpha value is -1.88. The van der Waals surface area contributed by atoms with E-state index in [1.165, 1.54) is 44.9 Å². The molecular weight excluding hydrogens is 448 g/mol. The van der Waals surface area contributed by atoms with Gasteiger partial charge in [-0.1, -0.05) is 32.9 Å². The number of fused-ring (bicyclic) bond motifs is 5. The zero-order valence-corrected chi connectivity index (χ0v) is 22.5. The molecule has 5 nitrogen and oxygen atoms in total. The van der Waals surface area contributed by atoms with Crippen LogP contribution in [0.25, 0.3) is 0 Å². The van der Waals surface area contributed by atoms with Gasteiger partial charge in [-0.25, -0.2) is 0 Å². The normalized spacial score (nSPS) is 40.4. The van der Waals surface area contributed by atoms with E-state index in [4.69, 9.17) is 5.73 Å². The van der Waals surface area contributed by atoms with Crippen LogP contribution in [0, 0.1) is 46.3 Å². The van der Waals surface area contributed by atoms with Gasteiger partial charge in [-0.05, 0) is 123 Å². The Bertz CT molecular complexity index is 994. The molecule has 4 aliphatic carbocycles. The molecule has 4 fully saturated rings. The van der Waals surface area contributed by atoms with Crippen LogP contribution >= 0.6 is 0 Å². The van der Waals surface area contributed by atoms with Crippen LogP contribution in [-0.2, 0) is 4.79 Å². The molecular formula is C31H46N2O3. The van der Waals surface area contributed by atoms with Crippen LogP contribution in [0.15, 0.2) is 24.3 Å². The minimum Gasteiger partial charge on any atom is -0.393 e. The van der Waals surface area contributed by atoms with Crippen molar-refractivity contribution >= 4 is 17.5 Å². The van der Waals surface area contributed by atoms with Crippen molar-refractivity contribution in [2.24, 2.45) is 52.1 Å². The molecule has 5 heteroatoms. The molecule has 0 bridgehead atoms. The lowest BCUT2D eigenvalue weighted by Gasteiger charge is -2.61. The lowest BCUT2D eigenvalue weighted by atomic mass is 9.44. The molecule has 1 aromatic rings. The van der Waals surface area contributed by atoms with Gasteiger partial charge in [0.2, 0.25) is 5.91 Å². The number of para-hydroxylation sites is 1. The van der Waals surface area contributed by atoms with Crippen LogP contribution in [0.4, 0.5) is 5.69 Å². The Balaban J connectivity index is 1.21. The predicted octanol–water partition coefficient (Wildman–Crippen LogP) is 6.16. The third-order valence-electron chi connectivity index (χ3n) is 11.7. The molecule has 4 aliphatic rings. The maximum absolute atomic E-state index is 12.8. The number of primary amides is 1. The minimum atomic E-state index is -0.521. The monoisotopic (exact) mass is 494 g/mol. The molecule has 5 rings (SSSR count). The van der Waals surface area contributed by atoms with Crippen molar-refractivity contribution in [3.63, 3.8) is 0 Å². The Labute approximate surface area is 217 Å². The van der Waals surface area contributed by atoms with Crippen molar-refractivity contribution in [1.29, 1.82) is 0 Å². The van der Waals surface area contributed by atoms with E-state index >= 15 is 0 Å². The smallest absolute Gasteiger partial charge is 0.250 e. The molecule has 6 unspecified atom stereocenters. The number of nitrogens with one attached hydrogen (secondary N) is 1. The van der Waals surface area contributed by atoms with Crippen molar-refractivity contribution in [1.82, 2.24) is 0 Å². The van der Waals surface area contributed by atoms with Crippen LogP contribution in [0.2, 0.25) is 0 Å². The standard InChI is InChI=1S/C31H46N2O3/c1-19(8-13-28(35)33-27-7-5-4-6-23(27)29(32)36)24-11-12-25-22-10-9-20-18-21(34)14-16-30(20,2)26(22)15-17-31(24,25)3/h4-7,19-22,24-26,34H,8-18H2,1-3H3,(H2,32,36)(H,33,35)/t19-,20?,21-,22?,24-,25?,26?,30?,31?/m1/s1. The Morgan fingerprint density at radius 2 is 1.75 bits per heavy atom. The molecule has 0 heterocycles. The topological polar surface area (TPSA) is 92.4 Å². The summed E-state index contributed by atoms with van der Waals surface area (Å²) < 4.78 is 0. The summed E-state index contributed by atoms with van der Waals surface area (Å²) in [5.74, 6) is 3.80. The van der Waals surface area contributed by atoms with Gasteiger partial charge in [0.05, 0.1) is 17.4 Å². The van der Waals surface area contributed by atoms with Crippen LogP contribution < -0.4 is 11.1 Å². The highest BCUT2D eigenvalue weighted by Gasteiger charge is 2.60. The number of rotatable bonds is 6. The number of carbonyl (C=O) groups is 2. The number of hydrogen-bond donors (Lipinski definition) is 3. The molecule has 0 saturated heterocycles. The van der Waals surface area contributed by atoms with Gasteiger partial charge >= 0.3 is 0 Å². The van der Waals surface area contributed by atoms with Gasteiger partial charge in [-0.2, -0.15) is 0 Å². The summed E-state index contributed by atoms with van der Waals surface area (Å²) in [5, 5.41) is 13.2. The number of aliphatic hydroxyl groups excluding tert-OH is 1. The fraction of sp³-hybridized carbons (Fsp3) is 0.742. The van der Waals surface area contributed by atoms with Crippen LogP contribution in [0.1, 0.15) is 102 Å². The van der Waals surface area contributed by atoms with Crippen molar-refractivity contribution < 1.29 is 14.7 Å². The number of carbonyl (C=O) groups excluding carboxylic acids is 2. The van der Waals surface area contributed by atoms with Crippen LogP contribution in [0.5, 0.6) is 0 Å². The van der Waals surface area contributed by atoms with Gasteiger partial charge in [-0.15, -0.1) is 0 Å². The summed E-state index contributed by atoms with van der Waals surface area (Å²) >= 11 is 0. The lowest BCUT2D eigenvalue weighted by Crippen LogP contribution is -2.54. The first-order valence-corrected chi connectivity index (χ1v) is 14.5. The number of anilines is 1. The summed E-state index contributed by atoms with van der Waals surface area (Å²) in [6.45, 7) is 7.49. The maximum atomic E-state index is 12.8. The molecule has 4 N–H and O–H groups in total. The van der Waals surface area contributed by atoms with Crippen LogP contribution in [0.3, 0.4) is 0 Å². The SMILES string of the molecule is C[C@H](CCC(=O)Nc1ccccc1C(N)=O)[C@H]1CCC2C3CCC4C[C@H](O)CCC4(C)C3CCC21C. The predicted molar refractivity (Wildman–Crippen MR) is 143 cm³/mol. The molecule has 1 aromatic carbocycles. The third kappa shape index (κ3) is 4.40. The van der Waals surface area contributed by atoms with E-state index in [0.29, 0.717) is 46.3 Å². The van der Waals surface area contributed by atoms with Gasteiger partial charge in [0.25, 0.3) is 5.91 Å². The zero-order valence-electron chi connectivity index (χ0n) is 22.5. The Morgan fingerprint density at radius 1 is 1.03 bits per heavy atom. The second-order valence-corrected chi connectivity index (χ2v) is 13.3. The summed E-state index contributed by atoms with van der Waals surface area (Å²) in [4.78, 5) is 24.5. The van der Waals surface area contributed by atoms with E-state index in [-0.39, 0.29) is 12.0 Å². The molecule has 9 atom stereocenters. The van der Waals surface area contributed by atoms with E-state index in [9.17, 15) is 14.7 Å². The first kappa shape index (κ1) is 25.8. The summed E-state index contributed by atoms with van der Waals surface area (Å²) in [6.07, 6.45) is 12.4. The molecule has 0 aromatic heterocycles. The fourth-order valence-corrected chi connectivity index (χ4v) is 9.79. The van der Waals surface area contributed by atoms with Crippen molar-refractivity contribution in [3.05, 3.63) is 29.8 Å². The maximum Gasteiger partial charge on any atom is 0.250 e. The summed E-state index contributed by atoms with van der Waals surface area (Å²) in [5.41, 5.74) is 7.14. The Kier molecular flexibility index (Phi) is 6.99. The molecule has 36 heavy (non-hydrogen) atoms. The van der Waals surface area contributed by atoms with E-state index in [2.05, 4.69) is 26.1 Å². The number of benzene rings is 1. The van der Waals surface area contributed by atoms with Crippen molar-refractivity contribution in [2.45, 2.75) is 97.5 Å². The van der Waals surface area contributed by atoms with Crippen LogP contribution in [-0.4, -0.2) is 23.0 Å². The Morgan fingerprint density at radius 3 is 2.53 bits per heavy atom. The highest BCUT2D eigenvalue weighted by Crippen LogP contribution is 2.68. The summed E-state index contributed by atoms with van der Waals surface area (Å²) in [7, 11) is 0.